The van der Waals surface area contributed by atoms with Crippen molar-refractivity contribution in [3.63, 3.8) is 0 Å². The molecule has 2 atom stereocenters. The summed E-state index contributed by atoms with van der Waals surface area (Å²) in [4.78, 5) is 28.8. The predicted octanol–water partition coefficient (Wildman–Crippen LogP) is 4.66. The van der Waals surface area contributed by atoms with Crippen molar-refractivity contribution in [3.8, 4) is 5.75 Å². The summed E-state index contributed by atoms with van der Waals surface area (Å²) < 4.78 is 34.0. The Morgan fingerprint density at radius 3 is 2.02 bits per heavy atom. The minimum atomic E-state index is -4.12. The van der Waals surface area contributed by atoms with Crippen LogP contribution in [0.2, 0.25) is 0 Å². The Morgan fingerprint density at radius 1 is 0.875 bits per heavy atom. The van der Waals surface area contributed by atoms with Crippen molar-refractivity contribution in [1.29, 1.82) is 0 Å². The maximum atomic E-state index is 14.0. The molecule has 0 saturated carbocycles. The number of para-hydroxylation sites is 1. The zero-order valence-corrected chi connectivity index (χ0v) is 24.4. The molecule has 0 unspecified atom stereocenters. The normalized spacial score (nSPS) is 12.7. The van der Waals surface area contributed by atoms with Crippen LogP contribution in [0.4, 0.5) is 5.69 Å². The first-order valence-electron chi connectivity index (χ1n) is 13.6. The summed E-state index contributed by atoms with van der Waals surface area (Å²) in [5.41, 5.74) is 1.37. The summed E-state index contributed by atoms with van der Waals surface area (Å²) in [5.74, 6) is -0.183. The number of carbonyl (C=O) groups is 2. The number of nitrogens with zero attached hydrogens (tertiary/aromatic N) is 2. The molecular formula is C31H39N3O5S. The third-order valence-corrected chi connectivity index (χ3v) is 8.63. The summed E-state index contributed by atoms with van der Waals surface area (Å²) in [6.45, 7) is 5.55. The summed E-state index contributed by atoms with van der Waals surface area (Å²) >= 11 is 0. The van der Waals surface area contributed by atoms with E-state index < -0.39 is 28.5 Å². The highest BCUT2D eigenvalue weighted by Crippen LogP contribution is 2.25. The van der Waals surface area contributed by atoms with Gasteiger partial charge in [0, 0.05) is 12.6 Å². The van der Waals surface area contributed by atoms with Crippen LogP contribution in [0.25, 0.3) is 0 Å². The highest BCUT2D eigenvalue weighted by Gasteiger charge is 2.33. The van der Waals surface area contributed by atoms with Gasteiger partial charge in [-0.1, -0.05) is 62.4 Å². The Hall–Kier alpha value is -3.85. The largest absolute Gasteiger partial charge is 0.497 e. The van der Waals surface area contributed by atoms with Crippen LogP contribution in [0.15, 0.2) is 89.8 Å². The molecule has 214 valence electrons. The molecule has 8 nitrogen and oxygen atoms in total. The van der Waals surface area contributed by atoms with Gasteiger partial charge in [0.05, 0.1) is 17.7 Å². The lowest BCUT2D eigenvalue weighted by Gasteiger charge is -2.33. The molecule has 3 rings (SSSR count). The topological polar surface area (TPSA) is 96.0 Å². The van der Waals surface area contributed by atoms with Gasteiger partial charge in [-0.15, -0.1) is 0 Å². The number of benzene rings is 3. The average molecular weight is 566 g/mol. The minimum absolute atomic E-state index is 0.0299. The fraction of sp³-hybridized carbons (Fsp3) is 0.355. The summed E-state index contributed by atoms with van der Waals surface area (Å²) in [5, 5.41) is 2.99. The lowest BCUT2D eigenvalue weighted by molar-refractivity contribution is -0.139. The van der Waals surface area contributed by atoms with E-state index in [1.54, 1.807) is 42.5 Å². The number of hydrogen-bond acceptors (Lipinski definition) is 5. The van der Waals surface area contributed by atoms with E-state index in [2.05, 4.69) is 5.32 Å². The molecule has 2 amide bonds. The first kappa shape index (κ1) is 30.7. The van der Waals surface area contributed by atoms with E-state index in [-0.39, 0.29) is 23.4 Å². The van der Waals surface area contributed by atoms with Gasteiger partial charge in [-0.25, -0.2) is 8.42 Å². The monoisotopic (exact) mass is 565 g/mol. The number of hydrogen-bond donors (Lipinski definition) is 1. The van der Waals surface area contributed by atoms with Crippen LogP contribution in [0.1, 0.15) is 39.2 Å². The Kier molecular flexibility index (Phi) is 11.1. The highest BCUT2D eigenvalue weighted by molar-refractivity contribution is 7.92. The third kappa shape index (κ3) is 7.85. The van der Waals surface area contributed by atoms with Crippen molar-refractivity contribution in [1.82, 2.24) is 10.2 Å². The molecule has 3 aromatic carbocycles. The molecule has 1 N–H and O–H groups in total. The number of methoxy groups -OCH3 is 1. The Balaban J connectivity index is 1.98. The van der Waals surface area contributed by atoms with Crippen LogP contribution < -0.4 is 14.4 Å². The van der Waals surface area contributed by atoms with E-state index in [0.717, 1.165) is 16.3 Å². The quantitative estimate of drug-likeness (QED) is 0.307. The van der Waals surface area contributed by atoms with E-state index in [4.69, 9.17) is 4.74 Å². The SMILES string of the molecule is CC[C@H](C(=O)N[C@@H](C)CC)N(CCc1ccccc1)C(=O)CN(c1ccccc1)S(=O)(=O)c1ccc(OC)cc1. The molecule has 40 heavy (non-hydrogen) atoms. The van der Waals surface area contributed by atoms with Gasteiger partial charge in [-0.2, -0.15) is 0 Å². The number of rotatable bonds is 14. The summed E-state index contributed by atoms with van der Waals surface area (Å²) in [7, 11) is -2.62. The predicted molar refractivity (Wildman–Crippen MR) is 158 cm³/mol. The zero-order valence-electron chi connectivity index (χ0n) is 23.6. The third-order valence-electron chi connectivity index (χ3n) is 6.84. The average Bonchev–Trinajstić information content (AvgIpc) is 2.98. The van der Waals surface area contributed by atoms with Gasteiger partial charge in [0.1, 0.15) is 18.3 Å². The lowest BCUT2D eigenvalue weighted by Crippen LogP contribution is -2.54. The fourth-order valence-electron chi connectivity index (χ4n) is 4.33. The number of ether oxygens (including phenoxy) is 1. The van der Waals surface area contributed by atoms with Gasteiger partial charge in [-0.05, 0) is 68.1 Å². The zero-order chi connectivity index (χ0) is 29.1. The number of amides is 2. The van der Waals surface area contributed by atoms with E-state index in [1.807, 2.05) is 51.1 Å². The van der Waals surface area contributed by atoms with Crippen molar-refractivity contribution >= 4 is 27.5 Å². The number of sulfonamides is 1. The smallest absolute Gasteiger partial charge is 0.264 e. The molecule has 0 saturated heterocycles. The van der Waals surface area contributed by atoms with Crippen molar-refractivity contribution in [2.24, 2.45) is 0 Å². The lowest BCUT2D eigenvalue weighted by atomic mass is 10.1. The molecule has 0 spiro atoms. The Labute approximate surface area is 238 Å². The highest BCUT2D eigenvalue weighted by atomic mass is 32.2. The van der Waals surface area contributed by atoms with Gasteiger partial charge in [0.2, 0.25) is 11.8 Å². The van der Waals surface area contributed by atoms with E-state index in [1.165, 1.54) is 24.1 Å². The van der Waals surface area contributed by atoms with Crippen LogP contribution >= 0.6 is 0 Å². The van der Waals surface area contributed by atoms with Crippen LogP contribution in [-0.4, -0.2) is 57.4 Å². The van der Waals surface area contributed by atoms with E-state index >= 15 is 0 Å². The van der Waals surface area contributed by atoms with Crippen LogP contribution in [0, 0.1) is 0 Å². The molecule has 3 aromatic rings. The number of nitrogens with one attached hydrogen (secondary N) is 1. The Bertz CT molecular complexity index is 1330. The van der Waals surface area contributed by atoms with Crippen LogP contribution in [0.3, 0.4) is 0 Å². The molecule has 0 fully saturated rings. The van der Waals surface area contributed by atoms with Gasteiger partial charge in [0.15, 0.2) is 0 Å². The van der Waals surface area contributed by atoms with Crippen molar-refractivity contribution in [3.05, 3.63) is 90.5 Å². The summed E-state index contributed by atoms with van der Waals surface area (Å²) in [6, 6.07) is 23.5. The maximum absolute atomic E-state index is 14.0. The first-order chi connectivity index (χ1) is 19.2. The van der Waals surface area contributed by atoms with Gasteiger partial charge < -0.3 is 15.0 Å². The minimum Gasteiger partial charge on any atom is -0.497 e. The number of carbonyl (C=O) groups excluding carboxylic acids is 2. The fourth-order valence-corrected chi connectivity index (χ4v) is 5.75. The van der Waals surface area contributed by atoms with Gasteiger partial charge >= 0.3 is 0 Å². The molecular weight excluding hydrogens is 526 g/mol. The number of anilines is 1. The second-order valence-corrected chi connectivity index (χ2v) is 11.4. The van der Waals surface area contributed by atoms with E-state index in [9.17, 15) is 18.0 Å². The van der Waals surface area contributed by atoms with Gasteiger partial charge in [-0.3, -0.25) is 13.9 Å². The van der Waals surface area contributed by atoms with Crippen molar-refractivity contribution < 1.29 is 22.7 Å². The van der Waals surface area contributed by atoms with Crippen molar-refractivity contribution in [2.45, 2.75) is 57.0 Å². The van der Waals surface area contributed by atoms with E-state index in [0.29, 0.717) is 24.3 Å². The molecule has 9 heteroatoms. The van der Waals surface area contributed by atoms with Gasteiger partial charge in [0.25, 0.3) is 10.0 Å². The molecule has 0 aliphatic heterocycles. The molecule has 0 heterocycles. The Morgan fingerprint density at radius 2 is 1.48 bits per heavy atom. The second-order valence-electron chi connectivity index (χ2n) is 9.59. The molecule has 0 aliphatic carbocycles. The maximum Gasteiger partial charge on any atom is 0.264 e. The van der Waals surface area contributed by atoms with Crippen LogP contribution in [0.5, 0.6) is 5.75 Å². The molecule has 0 bridgehead atoms. The molecule has 0 aromatic heterocycles. The van der Waals surface area contributed by atoms with Crippen LogP contribution in [-0.2, 0) is 26.0 Å². The summed E-state index contributed by atoms with van der Waals surface area (Å²) in [6.07, 6.45) is 1.66. The standard InChI is InChI=1S/C31H39N3O5S/c1-5-24(3)32-31(36)29(6-2)33(22-21-25-13-9-7-10-14-25)30(35)23-34(26-15-11-8-12-16-26)40(37,38)28-19-17-27(39-4)18-20-28/h7-20,24,29H,5-6,21-23H2,1-4H3,(H,32,36)/t24-,29+/m0/s1. The van der Waals surface area contributed by atoms with Crippen molar-refractivity contribution in [2.75, 3.05) is 24.5 Å². The first-order valence-corrected chi connectivity index (χ1v) is 15.0. The molecule has 0 radical (unpaired) electrons. The molecule has 0 aliphatic rings. The second kappa shape index (κ2) is 14.5.